The number of carbonyl (C=O) groups is 1. The average molecular weight is 326 g/mol. The van der Waals surface area contributed by atoms with E-state index in [1.807, 2.05) is 0 Å². The molecule has 1 aromatic rings. The molecule has 1 atom stereocenters. The molecule has 3 rings (SSSR count). The van der Waals surface area contributed by atoms with Crippen molar-refractivity contribution in [2.75, 3.05) is 19.7 Å². The molecule has 0 spiro atoms. The third-order valence-electron chi connectivity index (χ3n) is 4.88. The van der Waals surface area contributed by atoms with Gasteiger partial charge in [-0.25, -0.2) is 4.39 Å². The molecule has 22 heavy (non-hydrogen) atoms. The summed E-state index contributed by atoms with van der Waals surface area (Å²) >= 11 is 5.77. The fourth-order valence-corrected chi connectivity index (χ4v) is 3.69. The van der Waals surface area contributed by atoms with Gasteiger partial charge in [-0.15, -0.1) is 0 Å². The summed E-state index contributed by atoms with van der Waals surface area (Å²) in [5, 5.41) is 9.82. The molecule has 1 N–H and O–H groups in total. The standard InChI is InChI=1S/C17H21ClFNO2/c18-14-4-1-3-13(15(14)19)16(22)20-8-2-7-17(10-20,11-21)9-12-5-6-12/h1,3-4,12,21H,2,5-11H2/t17-/m0/s1. The van der Waals surface area contributed by atoms with E-state index in [9.17, 15) is 14.3 Å². The SMILES string of the molecule is O=C(c1cccc(Cl)c1F)N1CCC[C@](CO)(CC2CC2)C1. The van der Waals surface area contributed by atoms with Gasteiger partial charge in [-0.1, -0.05) is 30.5 Å². The molecule has 2 fully saturated rings. The van der Waals surface area contributed by atoms with Crippen molar-refractivity contribution in [2.45, 2.75) is 32.1 Å². The van der Waals surface area contributed by atoms with Crippen molar-refractivity contribution in [3.63, 3.8) is 0 Å². The highest BCUT2D eigenvalue weighted by Crippen LogP contribution is 2.44. The van der Waals surface area contributed by atoms with Gasteiger partial charge in [0.25, 0.3) is 5.91 Å². The van der Waals surface area contributed by atoms with Gasteiger partial charge >= 0.3 is 0 Å². The summed E-state index contributed by atoms with van der Waals surface area (Å²) < 4.78 is 14.1. The topological polar surface area (TPSA) is 40.5 Å². The number of amides is 1. The van der Waals surface area contributed by atoms with E-state index >= 15 is 0 Å². The molecule has 5 heteroatoms. The lowest BCUT2D eigenvalue weighted by Gasteiger charge is -2.42. The second kappa shape index (κ2) is 6.17. The minimum Gasteiger partial charge on any atom is -0.396 e. The third-order valence-corrected chi connectivity index (χ3v) is 5.18. The average Bonchev–Trinajstić information content (AvgIpc) is 3.33. The lowest BCUT2D eigenvalue weighted by atomic mass is 9.76. The minimum atomic E-state index is -0.656. The highest BCUT2D eigenvalue weighted by molar-refractivity contribution is 6.31. The Bertz CT molecular complexity index is 576. The van der Waals surface area contributed by atoms with Crippen molar-refractivity contribution in [2.24, 2.45) is 11.3 Å². The molecular weight excluding hydrogens is 305 g/mol. The molecule has 1 saturated carbocycles. The largest absolute Gasteiger partial charge is 0.396 e. The summed E-state index contributed by atoms with van der Waals surface area (Å²) in [6.45, 7) is 1.20. The van der Waals surface area contributed by atoms with Crippen LogP contribution in [0.2, 0.25) is 5.02 Å². The van der Waals surface area contributed by atoms with Crippen molar-refractivity contribution in [1.82, 2.24) is 4.90 Å². The highest BCUT2D eigenvalue weighted by Gasteiger charge is 2.41. The number of hydrogen-bond acceptors (Lipinski definition) is 2. The summed E-state index contributed by atoms with van der Waals surface area (Å²) in [7, 11) is 0. The Morgan fingerprint density at radius 2 is 2.23 bits per heavy atom. The van der Waals surface area contributed by atoms with Crippen LogP contribution in [0.3, 0.4) is 0 Å². The minimum absolute atomic E-state index is 0.0210. The summed E-state index contributed by atoms with van der Waals surface area (Å²) in [6, 6.07) is 4.50. The summed E-state index contributed by atoms with van der Waals surface area (Å²) in [5.41, 5.74) is -0.197. The van der Waals surface area contributed by atoms with Crippen LogP contribution >= 0.6 is 11.6 Å². The lowest BCUT2D eigenvalue weighted by molar-refractivity contribution is 0.0194. The van der Waals surface area contributed by atoms with Crippen LogP contribution in [-0.4, -0.2) is 35.6 Å². The van der Waals surface area contributed by atoms with Crippen molar-refractivity contribution < 1.29 is 14.3 Å². The molecule has 0 bridgehead atoms. The number of hydrogen-bond donors (Lipinski definition) is 1. The number of carbonyl (C=O) groups excluding carboxylic acids is 1. The molecular formula is C17H21ClFNO2. The zero-order valence-corrected chi connectivity index (χ0v) is 13.3. The second-order valence-electron chi connectivity index (χ2n) is 6.74. The van der Waals surface area contributed by atoms with Crippen molar-refractivity contribution in [3.05, 3.63) is 34.6 Å². The van der Waals surface area contributed by atoms with E-state index in [2.05, 4.69) is 0 Å². The van der Waals surface area contributed by atoms with E-state index in [4.69, 9.17) is 11.6 Å². The number of aliphatic hydroxyl groups is 1. The van der Waals surface area contributed by atoms with Gasteiger partial charge in [0, 0.05) is 18.5 Å². The van der Waals surface area contributed by atoms with E-state index < -0.39 is 5.82 Å². The van der Waals surface area contributed by atoms with Crippen molar-refractivity contribution in [3.8, 4) is 0 Å². The second-order valence-corrected chi connectivity index (χ2v) is 7.14. The monoisotopic (exact) mass is 325 g/mol. The summed E-state index contributed by atoms with van der Waals surface area (Å²) in [5.74, 6) is -0.296. The Labute approximate surface area is 135 Å². The van der Waals surface area contributed by atoms with E-state index in [1.54, 1.807) is 11.0 Å². The zero-order valence-electron chi connectivity index (χ0n) is 12.5. The number of piperidine rings is 1. The van der Waals surface area contributed by atoms with Gasteiger partial charge in [0.1, 0.15) is 0 Å². The molecule has 1 saturated heterocycles. The molecule has 1 aliphatic heterocycles. The number of nitrogens with zero attached hydrogens (tertiary/aromatic N) is 1. The lowest BCUT2D eigenvalue weighted by Crippen LogP contribution is -2.48. The number of likely N-dealkylation sites (tertiary alicyclic amines) is 1. The molecule has 1 aromatic carbocycles. The Hall–Kier alpha value is -1.13. The molecule has 1 aliphatic carbocycles. The molecule has 120 valence electrons. The number of rotatable bonds is 4. The van der Waals surface area contributed by atoms with Gasteiger partial charge < -0.3 is 10.0 Å². The summed E-state index contributed by atoms with van der Waals surface area (Å²) in [6.07, 6.45) is 5.19. The molecule has 2 aliphatic rings. The number of aliphatic hydroxyl groups excluding tert-OH is 1. The maximum absolute atomic E-state index is 14.1. The Morgan fingerprint density at radius 3 is 2.91 bits per heavy atom. The van der Waals surface area contributed by atoms with Crippen LogP contribution in [0.1, 0.15) is 42.5 Å². The van der Waals surface area contributed by atoms with Crippen LogP contribution in [0.5, 0.6) is 0 Å². The molecule has 0 unspecified atom stereocenters. The molecule has 0 radical (unpaired) electrons. The van der Waals surface area contributed by atoms with Crippen LogP contribution in [0.25, 0.3) is 0 Å². The zero-order chi connectivity index (χ0) is 15.7. The van der Waals surface area contributed by atoms with E-state index in [-0.39, 0.29) is 28.5 Å². The van der Waals surface area contributed by atoms with Crippen LogP contribution in [0.15, 0.2) is 18.2 Å². The van der Waals surface area contributed by atoms with E-state index in [0.29, 0.717) is 19.0 Å². The van der Waals surface area contributed by atoms with Gasteiger partial charge in [0.2, 0.25) is 0 Å². The van der Waals surface area contributed by atoms with Gasteiger partial charge in [0.05, 0.1) is 17.2 Å². The third kappa shape index (κ3) is 3.13. The first-order valence-corrected chi connectivity index (χ1v) is 8.27. The van der Waals surface area contributed by atoms with Crippen LogP contribution in [-0.2, 0) is 0 Å². The predicted octanol–water partition coefficient (Wildman–Crippen LogP) is 3.49. The highest BCUT2D eigenvalue weighted by atomic mass is 35.5. The summed E-state index contributed by atoms with van der Waals surface area (Å²) in [4.78, 5) is 14.3. The quantitative estimate of drug-likeness (QED) is 0.920. The first-order chi connectivity index (χ1) is 10.5. The fourth-order valence-electron chi connectivity index (χ4n) is 3.52. The fraction of sp³-hybridized carbons (Fsp3) is 0.588. The Kier molecular flexibility index (Phi) is 4.42. The van der Waals surface area contributed by atoms with Gasteiger partial charge in [-0.2, -0.15) is 0 Å². The maximum atomic E-state index is 14.1. The van der Waals surface area contributed by atoms with Crippen molar-refractivity contribution in [1.29, 1.82) is 0 Å². The number of halogens is 2. The first kappa shape index (κ1) is 15.8. The number of benzene rings is 1. The normalized spacial score (nSPS) is 25.3. The Morgan fingerprint density at radius 1 is 1.45 bits per heavy atom. The predicted molar refractivity (Wildman–Crippen MR) is 83.4 cm³/mol. The molecule has 3 nitrogen and oxygen atoms in total. The molecule has 0 aromatic heterocycles. The molecule has 1 amide bonds. The maximum Gasteiger partial charge on any atom is 0.256 e. The van der Waals surface area contributed by atoms with Crippen LogP contribution in [0, 0.1) is 17.2 Å². The van der Waals surface area contributed by atoms with Gasteiger partial charge in [-0.05, 0) is 37.3 Å². The smallest absolute Gasteiger partial charge is 0.256 e. The van der Waals surface area contributed by atoms with Crippen LogP contribution in [0.4, 0.5) is 4.39 Å². The van der Waals surface area contributed by atoms with Crippen LogP contribution < -0.4 is 0 Å². The van der Waals surface area contributed by atoms with E-state index in [0.717, 1.165) is 19.3 Å². The van der Waals surface area contributed by atoms with Gasteiger partial charge in [0.15, 0.2) is 5.82 Å². The molecule has 1 heterocycles. The Balaban J connectivity index is 1.78. The van der Waals surface area contributed by atoms with Gasteiger partial charge in [-0.3, -0.25) is 4.79 Å². The van der Waals surface area contributed by atoms with E-state index in [1.165, 1.54) is 25.0 Å². The first-order valence-electron chi connectivity index (χ1n) is 7.89. The van der Waals surface area contributed by atoms with Crippen molar-refractivity contribution >= 4 is 17.5 Å².